The van der Waals surface area contributed by atoms with E-state index >= 15 is 0 Å². The summed E-state index contributed by atoms with van der Waals surface area (Å²) in [5.74, 6) is 0.783. The molecule has 0 aromatic rings. The van der Waals surface area contributed by atoms with Crippen molar-refractivity contribution in [2.75, 3.05) is 13.1 Å². The van der Waals surface area contributed by atoms with Gasteiger partial charge in [-0.1, -0.05) is 20.3 Å². The van der Waals surface area contributed by atoms with E-state index < -0.39 is 12.0 Å². The molecule has 3 unspecified atom stereocenters. The lowest BCUT2D eigenvalue weighted by Crippen LogP contribution is -2.54. The quantitative estimate of drug-likeness (QED) is 0.813. The molecular formula is C15H26N2O3. The number of rotatable bonds is 5. The Labute approximate surface area is 120 Å². The normalized spacial score (nSPS) is 28.0. The molecule has 1 saturated heterocycles. The minimum Gasteiger partial charge on any atom is -0.480 e. The Hall–Kier alpha value is -1.26. The number of nitrogens with zero attached hydrogens (tertiary/aromatic N) is 1. The molecule has 2 amide bonds. The fourth-order valence-corrected chi connectivity index (χ4v) is 3.07. The summed E-state index contributed by atoms with van der Waals surface area (Å²) in [5.41, 5.74) is 0. The second kappa shape index (κ2) is 6.46. The standard InChI is InChI=1S/C15H26N2O3/c1-3-11-6-7-17(13(8-11)14(18)19)15(20)16-9-10(2)12-4-5-12/h10-13H,3-9H2,1-2H3,(H,16,20)(H,18,19). The van der Waals surface area contributed by atoms with Crippen molar-refractivity contribution in [3.8, 4) is 0 Å². The average molecular weight is 282 g/mol. The second-order valence-corrected chi connectivity index (χ2v) is 6.35. The van der Waals surface area contributed by atoms with E-state index in [0.29, 0.717) is 31.3 Å². The predicted molar refractivity (Wildman–Crippen MR) is 76.4 cm³/mol. The van der Waals surface area contributed by atoms with Gasteiger partial charge < -0.3 is 15.3 Å². The van der Waals surface area contributed by atoms with Crippen LogP contribution < -0.4 is 5.32 Å². The van der Waals surface area contributed by atoms with Crippen molar-refractivity contribution in [1.29, 1.82) is 0 Å². The van der Waals surface area contributed by atoms with Crippen molar-refractivity contribution < 1.29 is 14.7 Å². The van der Waals surface area contributed by atoms with Crippen LogP contribution in [0.4, 0.5) is 4.79 Å². The third-order valence-corrected chi connectivity index (χ3v) is 4.84. The van der Waals surface area contributed by atoms with Gasteiger partial charge in [0.15, 0.2) is 0 Å². The monoisotopic (exact) mass is 282 g/mol. The highest BCUT2D eigenvalue weighted by atomic mass is 16.4. The van der Waals surface area contributed by atoms with E-state index in [1.54, 1.807) is 0 Å². The SMILES string of the molecule is CCC1CCN(C(=O)NCC(C)C2CC2)C(C(=O)O)C1. The Morgan fingerprint density at radius 2 is 2.05 bits per heavy atom. The molecule has 1 aliphatic heterocycles. The highest BCUT2D eigenvalue weighted by Crippen LogP contribution is 2.36. The van der Waals surface area contributed by atoms with Crippen LogP contribution in [-0.2, 0) is 4.79 Å². The maximum atomic E-state index is 12.2. The summed E-state index contributed by atoms with van der Waals surface area (Å²) in [5, 5.41) is 12.2. The number of aliphatic carboxylic acids is 1. The summed E-state index contributed by atoms with van der Waals surface area (Å²) in [6.07, 6.45) is 4.99. The first kappa shape index (κ1) is 15.1. The van der Waals surface area contributed by atoms with Gasteiger partial charge in [0.25, 0.3) is 0 Å². The van der Waals surface area contributed by atoms with Gasteiger partial charge in [-0.2, -0.15) is 0 Å². The van der Waals surface area contributed by atoms with Crippen LogP contribution in [-0.4, -0.2) is 41.1 Å². The minimum atomic E-state index is -0.881. The van der Waals surface area contributed by atoms with Crippen LogP contribution in [0.2, 0.25) is 0 Å². The number of amides is 2. The summed E-state index contributed by atoms with van der Waals surface area (Å²) in [4.78, 5) is 25.1. The van der Waals surface area contributed by atoms with Gasteiger partial charge in [-0.15, -0.1) is 0 Å². The molecule has 0 aromatic heterocycles. The molecule has 0 bridgehead atoms. The van der Waals surface area contributed by atoms with E-state index in [9.17, 15) is 14.7 Å². The molecule has 2 N–H and O–H groups in total. The van der Waals surface area contributed by atoms with Gasteiger partial charge in [0.05, 0.1) is 0 Å². The van der Waals surface area contributed by atoms with Gasteiger partial charge in [0.1, 0.15) is 6.04 Å². The number of likely N-dealkylation sites (tertiary alicyclic amines) is 1. The van der Waals surface area contributed by atoms with E-state index in [1.165, 1.54) is 17.7 Å². The van der Waals surface area contributed by atoms with Crippen LogP contribution in [0.15, 0.2) is 0 Å². The topological polar surface area (TPSA) is 69.6 Å². The Morgan fingerprint density at radius 1 is 1.35 bits per heavy atom. The second-order valence-electron chi connectivity index (χ2n) is 6.35. The number of hydrogen-bond acceptors (Lipinski definition) is 2. The fraction of sp³-hybridized carbons (Fsp3) is 0.867. The summed E-state index contributed by atoms with van der Waals surface area (Å²) < 4.78 is 0. The molecule has 0 spiro atoms. The van der Waals surface area contributed by atoms with E-state index in [4.69, 9.17) is 0 Å². The number of piperidine rings is 1. The summed E-state index contributed by atoms with van der Waals surface area (Å²) in [7, 11) is 0. The maximum Gasteiger partial charge on any atom is 0.326 e. The van der Waals surface area contributed by atoms with Crippen molar-refractivity contribution >= 4 is 12.0 Å². The number of carboxylic acids is 1. The van der Waals surface area contributed by atoms with Gasteiger partial charge in [-0.25, -0.2) is 9.59 Å². The van der Waals surface area contributed by atoms with Crippen molar-refractivity contribution in [2.24, 2.45) is 17.8 Å². The molecule has 3 atom stereocenters. The van der Waals surface area contributed by atoms with E-state index in [0.717, 1.165) is 18.8 Å². The number of carboxylic acid groups (broad SMARTS) is 1. The lowest BCUT2D eigenvalue weighted by Gasteiger charge is -2.37. The molecule has 20 heavy (non-hydrogen) atoms. The van der Waals surface area contributed by atoms with Gasteiger partial charge in [0.2, 0.25) is 0 Å². The third kappa shape index (κ3) is 3.64. The van der Waals surface area contributed by atoms with Crippen LogP contribution in [0.5, 0.6) is 0 Å². The van der Waals surface area contributed by atoms with Crippen molar-refractivity contribution in [3.05, 3.63) is 0 Å². The van der Waals surface area contributed by atoms with Gasteiger partial charge >= 0.3 is 12.0 Å². The van der Waals surface area contributed by atoms with Gasteiger partial charge in [-0.3, -0.25) is 0 Å². The fourth-order valence-electron chi connectivity index (χ4n) is 3.07. The summed E-state index contributed by atoms with van der Waals surface area (Å²) >= 11 is 0. The number of carbonyl (C=O) groups is 2. The number of urea groups is 1. The molecule has 2 aliphatic rings. The molecule has 0 radical (unpaired) electrons. The highest BCUT2D eigenvalue weighted by molar-refractivity contribution is 5.82. The minimum absolute atomic E-state index is 0.209. The molecule has 1 saturated carbocycles. The largest absolute Gasteiger partial charge is 0.480 e. The molecular weight excluding hydrogens is 256 g/mol. The molecule has 5 nitrogen and oxygen atoms in total. The predicted octanol–water partition coefficient (Wildman–Crippen LogP) is 2.32. The molecule has 0 aromatic carbocycles. The van der Waals surface area contributed by atoms with Gasteiger partial charge in [-0.05, 0) is 43.4 Å². The highest BCUT2D eigenvalue weighted by Gasteiger charge is 2.36. The summed E-state index contributed by atoms with van der Waals surface area (Å²) in [6, 6.07) is -0.871. The van der Waals surface area contributed by atoms with Crippen LogP contribution >= 0.6 is 0 Å². The zero-order chi connectivity index (χ0) is 14.7. The zero-order valence-corrected chi connectivity index (χ0v) is 12.5. The molecule has 1 aliphatic carbocycles. The van der Waals surface area contributed by atoms with Crippen LogP contribution in [0.1, 0.15) is 46.0 Å². The Morgan fingerprint density at radius 3 is 2.60 bits per heavy atom. The maximum absolute atomic E-state index is 12.2. The molecule has 5 heteroatoms. The Bertz CT molecular complexity index is 368. The van der Waals surface area contributed by atoms with E-state index in [2.05, 4.69) is 19.2 Å². The molecule has 1 heterocycles. The van der Waals surface area contributed by atoms with Crippen LogP contribution in [0.3, 0.4) is 0 Å². The van der Waals surface area contributed by atoms with Crippen LogP contribution in [0.25, 0.3) is 0 Å². The van der Waals surface area contributed by atoms with Crippen LogP contribution in [0, 0.1) is 17.8 Å². The third-order valence-electron chi connectivity index (χ3n) is 4.84. The number of carbonyl (C=O) groups excluding carboxylic acids is 1. The average Bonchev–Trinajstić information content (AvgIpc) is 3.28. The Balaban J connectivity index is 1.87. The van der Waals surface area contributed by atoms with E-state index in [-0.39, 0.29) is 6.03 Å². The molecule has 2 fully saturated rings. The molecule has 2 rings (SSSR count). The first-order valence-corrected chi connectivity index (χ1v) is 7.80. The first-order chi connectivity index (χ1) is 9.52. The number of nitrogens with one attached hydrogen (secondary N) is 1. The lowest BCUT2D eigenvalue weighted by molar-refractivity contribution is -0.144. The summed E-state index contributed by atoms with van der Waals surface area (Å²) in [6.45, 7) is 5.44. The lowest BCUT2D eigenvalue weighted by atomic mass is 9.89. The zero-order valence-electron chi connectivity index (χ0n) is 12.5. The number of hydrogen-bond donors (Lipinski definition) is 2. The van der Waals surface area contributed by atoms with Crippen molar-refractivity contribution in [2.45, 2.75) is 52.0 Å². The van der Waals surface area contributed by atoms with E-state index in [1.807, 2.05) is 0 Å². The smallest absolute Gasteiger partial charge is 0.326 e. The Kier molecular flexibility index (Phi) is 4.89. The molecule has 114 valence electrons. The van der Waals surface area contributed by atoms with Crippen molar-refractivity contribution in [1.82, 2.24) is 10.2 Å². The first-order valence-electron chi connectivity index (χ1n) is 7.80. The van der Waals surface area contributed by atoms with Gasteiger partial charge in [0, 0.05) is 13.1 Å². The van der Waals surface area contributed by atoms with Crippen molar-refractivity contribution in [3.63, 3.8) is 0 Å².